The molecular weight excluding hydrogens is 292 g/mol. The molecule has 6 heteroatoms. The molecule has 0 aliphatic rings. The van der Waals surface area contributed by atoms with E-state index in [-0.39, 0.29) is 17.9 Å². The van der Waals surface area contributed by atoms with Crippen LogP contribution in [0.5, 0.6) is 0 Å². The smallest absolute Gasteiger partial charge is 0.227 e. The highest BCUT2D eigenvalue weighted by Crippen LogP contribution is 2.24. The summed E-state index contributed by atoms with van der Waals surface area (Å²) in [7, 11) is 0. The van der Waals surface area contributed by atoms with Crippen LogP contribution < -0.4 is 5.32 Å². The van der Waals surface area contributed by atoms with Gasteiger partial charge in [0.05, 0.1) is 18.7 Å². The van der Waals surface area contributed by atoms with E-state index in [4.69, 9.17) is 4.42 Å². The summed E-state index contributed by atoms with van der Waals surface area (Å²) in [6.07, 6.45) is 1.41. The first-order chi connectivity index (χ1) is 10.3. The van der Waals surface area contributed by atoms with Crippen molar-refractivity contribution in [2.75, 3.05) is 6.54 Å². The maximum absolute atomic E-state index is 13.7. The Morgan fingerprint density at radius 3 is 2.50 bits per heavy atom. The van der Waals surface area contributed by atoms with Crippen LogP contribution >= 0.6 is 0 Å². The zero-order chi connectivity index (χ0) is 16.3. The number of hydrogen-bond acceptors (Lipinski definition) is 3. The number of carbonyl (C=O) groups excluding carboxylic acids is 1. The molecule has 0 saturated heterocycles. The molecule has 0 bridgehead atoms. The fourth-order valence-corrected chi connectivity index (χ4v) is 2.14. The molecular formula is C16H17F2NO3. The van der Waals surface area contributed by atoms with E-state index in [1.54, 1.807) is 12.1 Å². The number of hydrogen-bond donors (Lipinski definition) is 2. The summed E-state index contributed by atoms with van der Waals surface area (Å²) in [6.45, 7) is 2.73. The van der Waals surface area contributed by atoms with E-state index in [1.807, 2.05) is 0 Å². The number of amides is 1. The second-order valence-electron chi connectivity index (χ2n) is 5.33. The summed E-state index contributed by atoms with van der Waals surface area (Å²) in [6, 6.07) is 6.62. The second kappa shape index (κ2) is 6.27. The Morgan fingerprint density at radius 1 is 1.32 bits per heavy atom. The normalized spacial score (nSPS) is 15.1. The van der Waals surface area contributed by atoms with Gasteiger partial charge in [0.25, 0.3) is 0 Å². The zero-order valence-corrected chi connectivity index (χ0v) is 12.3. The average Bonchev–Trinajstić information content (AvgIpc) is 2.99. The molecule has 1 heterocycles. The molecule has 2 rings (SSSR count). The highest BCUT2D eigenvalue weighted by atomic mass is 19.1. The van der Waals surface area contributed by atoms with Crippen LogP contribution in [-0.4, -0.2) is 17.6 Å². The van der Waals surface area contributed by atoms with E-state index in [9.17, 15) is 18.7 Å². The van der Waals surface area contributed by atoms with Gasteiger partial charge in [0, 0.05) is 5.56 Å². The standard InChI is InChI=1S/C16H17F2NO3/c1-10(14-11(17)5-3-6-12(14)18)15(20)19-9-16(2,21)13-7-4-8-22-13/h3-8,10,21H,9H2,1-2H3,(H,19,20). The van der Waals surface area contributed by atoms with Crippen LogP contribution in [-0.2, 0) is 10.4 Å². The molecule has 22 heavy (non-hydrogen) atoms. The monoisotopic (exact) mass is 309 g/mol. The molecule has 0 aliphatic heterocycles. The molecule has 0 spiro atoms. The Kier molecular flexibility index (Phi) is 4.61. The highest BCUT2D eigenvalue weighted by molar-refractivity contribution is 5.83. The minimum absolute atomic E-state index is 0.139. The van der Waals surface area contributed by atoms with Crippen molar-refractivity contribution in [1.82, 2.24) is 5.32 Å². The van der Waals surface area contributed by atoms with Gasteiger partial charge in [-0.25, -0.2) is 8.78 Å². The van der Waals surface area contributed by atoms with Crippen LogP contribution in [0.15, 0.2) is 41.0 Å². The van der Waals surface area contributed by atoms with Crippen molar-refractivity contribution in [3.8, 4) is 0 Å². The van der Waals surface area contributed by atoms with E-state index < -0.39 is 29.1 Å². The van der Waals surface area contributed by atoms with Crippen LogP contribution in [0.2, 0.25) is 0 Å². The summed E-state index contributed by atoms with van der Waals surface area (Å²) in [5.41, 5.74) is -1.70. The summed E-state index contributed by atoms with van der Waals surface area (Å²) in [5.74, 6) is -2.87. The number of nitrogens with one attached hydrogen (secondary N) is 1. The summed E-state index contributed by atoms with van der Waals surface area (Å²) in [4.78, 5) is 12.1. The number of aliphatic hydroxyl groups is 1. The average molecular weight is 309 g/mol. The van der Waals surface area contributed by atoms with Gasteiger partial charge in [-0.05, 0) is 38.1 Å². The van der Waals surface area contributed by atoms with Crippen molar-refractivity contribution in [2.24, 2.45) is 0 Å². The molecule has 4 nitrogen and oxygen atoms in total. The lowest BCUT2D eigenvalue weighted by Crippen LogP contribution is -2.40. The Labute approximate surface area is 126 Å². The maximum Gasteiger partial charge on any atom is 0.227 e. The van der Waals surface area contributed by atoms with Gasteiger partial charge in [0.2, 0.25) is 5.91 Å². The van der Waals surface area contributed by atoms with Crippen molar-refractivity contribution in [2.45, 2.75) is 25.4 Å². The Bertz CT molecular complexity index is 633. The number of halogens is 2. The minimum atomic E-state index is -1.41. The lowest BCUT2D eigenvalue weighted by molar-refractivity contribution is -0.123. The second-order valence-corrected chi connectivity index (χ2v) is 5.33. The van der Waals surface area contributed by atoms with Crippen molar-refractivity contribution >= 4 is 5.91 Å². The molecule has 1 amide bonds. The molecule has 0 radical (unpaired) electrons. The molecule has 118 valence electrons. The summed E-state index contributed by atoms with van der Waals surface area (Å²) < 4.78 is 32.4. The predicted molar refractivity (Wildman–Crippen MR) is 76.1 cm³/mol. The zero-order valence-electron chi connectivity index (χ0n) is 12.3. The van der Waals surface area contributed by atoms with Gasteiger partial charge < -0.3 is 14.8 Å². The van der Waals surface area contributed by atoms with E-state index in [0.29, 0.717) is 0 Å². The third kappa shape index (κ3) is 3.33. The SMILES string of the molecule is CC(C(=O)NCC(C)(O)c1ccco1)c1c(F)cccc1F. The Balaban J connectivity index is 2.06. The van der Waals surface area contributed by atoms with Crippen molar-refractivity contribution in [3.05, 3.63) is 59.6 Å². The molecule has 2 atom stereocenters. The molecule has 2 unspecified atom stereocenters. The van der Waals surface area contributed by atoms with Gasteiger partial charge >= 0.3 is 0 Å². The van der Waals surface area contributed by atoms with Gasteiger partial charge in [-0.15, -0.1) is 0 Å². The minimum Gasteiger partial charge on any atom is -0.466 e. The quantitative estimate of drug-likeness (QED) is 0.892. The molecule has 2 N–H and O–H groups in total. The van der Waals surface area contributed by atoms with Gasteiger partial charge in [0.15, 0.2) is 0 Å². The number of furan rings is 1. The molecule has 0 aliphatic carbocycles. The molecule has 0 saturated carbocycles. The number of benzene rings is 1. The third-order valence-corrected chi connectivity index (χ3v) is 3.48. The fourth-order valence-electron chi connectivity index (χ4n) is 2.14. The van der Waals surface area contributed by atoms with E-state index >= 15 is 0 Å². The van der Waals surface area contributed by atoms with Gasteiger partial charge in [-0.3, -0.25) is 4.79 Å². The van der Waals surface area contributed by atoms with Crippen molar-refractivity contribution < 1.29 is 23.1 Å². The van der Waals surface area contributed by atoms with Crippen molar-refractivity contribution in [1.29, 1.82) is 0 Å². The van der Waals surface area contributed by atoms with E-state index in [0.717, 1.165) is 12.1 Å². The van der Waals surface area contributed by atoms with Crippen LogP contribution in [0.25, 0.3) is 0 Å². The molecule has 1 aromatic heterocycles. The summed E-state index contributed by atoms with van der Waals surface area (Å²) >= 11 is 0. The largest absolute Gasteiger partial charge is 0.466 e. The van der Waals surface area contributed by atoms with Crippen LogP contribution in [0.1, 0.15) is 31.1 Å². The number of carbonyl (C=O) groups is 1. The van der Waals surface area contributed by atoms with E-state index in [1.165, 1.54) is 26.2 Å². The number of rotatable bonds is 5. The first-order valence-electron chi connectivity index (χ1n) is 6.81. The summed E-state index contributed by atoms with van der Waals surface area (Å²) in [5, 5.41) is 12.7. The lowest BCUT2D eigenvalue weighted by Gasteiger charge is -2.22. The first kappa shape index (κ1) is 16.2. The lowest BCUT2D eigenvalue weighted by atomic mass is 9.98. The maximum atomic E-state index is 13.7. The van der Waals surface area contributed by atoms with Crippen molar-refractivity contribution in [3.63, 3.8) is 0 Å². The highest BCUT2D eigenvalue weighted by Gasteiger charge is 2.29. The predicted octanol–water partition coefficient (Wildman–Crippen LogP) is 2.69. The Morgan fingerprint density at radius 2 is 1.95 bits per heavy atom. The topological polar surface area (TPSA) is 62.5 Å². The fraction of sp³-hybridized carbons (Fsp3) is 0.312. The molecule has 2 aromatic rings. The van der Waals surface area contributed by atoms with Crippen LogP contribution in [0, 0.1) is 11.6 Å². The molecule has 1 aromatic carbocycles. The first-order valence-corrected chi connectivity index (χ1v) is 6.81. The third-order valence-electron chi connectivity index (χ3n) is 3.48. The Hall–Kier alpha value is -2.21. The van der Waals surface area contributed by atoms with Crippen LogP contribution in [0.3, 0.4) is 0 Å². The van der Waals surface area contributed by atoms with Gasteiger partial charge in [-0.2, -0.15) is 0 Å². The van der Waals surface area contributed by atoms with E-state index in [2.05, 4.69) is 5.32 Å². The molecule has 0 fully saturated rings. The van der Waals surface area contributed by atoms with Gasteiger partial charge in [-0.1, -0.05) is 6.07 Å². The van der Waals surface area contributed by atoms with Crippen LogP contribution in [0.4, 0.5) is 8.78 Å². The van der Waals surface area contributed by atoms with Gasteiger partial charge in [0.1, 0.15) is 23.0 Å².